The van der Waals surface area contributed by atoms with Crippen molar-refractivity contribution in [1.29, 1.82) is 0 Å². The molecule has 8 heteroatoms. The highest BCUT2D eigenvalue weighted by molar-refractivity contribution is 5.82. The van der Waals surface area contributed by atoms with E-state index in [4.69, 9.17) is 0 Å². The third kappa shape index (κ3) is 1.79. The van der Waals surface area contributed by atoms with Crippen molar-refractivity contribution in [3.05, 3.63) is 11.4 Å². The molecule has 0 unspecified atom stereocenters. The lowest BCUT2D eigenvalue weighted by atomic mass is 10.1. The van der Waals surface area contributed by atoms with Crippen LogP contribution >= 0.6 is 0 Å². The van der Waals surface area contributed by atoms with Crippen LogP contribution in [0.5, 0.6) is 0 Å². The predicted octanol–water partition coefficient (Wildman–Crippen LogP) is 0.252. The Morgan fingerprint density at radius 1 is 1.33 bits per heavy atom. The van der Waals surface area contributed by atoms with E-state index in [2.05, 4.69) is 15.4 Å². The molecule has 15 heavy (non-hydrogen) atoms. The van der Waals surface area contributed by atoms with Crippen molar-refractivity contribution in [2.24, 2.45) is 0 Å². The molecule has 0 aromatic carbocycles. The maximum atomic E-state index is 12.1. The fraction of sp³-hybridized carbons (Fsp3) is 0.571. The maximum Gasteiger partial charge on any atom is 0.471 e. The van der Waals surface area contributed by atoms with E-state index in [0.717, 1.165) is 4.90 Å². The van der Waals surface area contributed by atoms with Crippen LogP contribution in [-0.2, 0) is 17.8 Å². The number of H-pyrrole nitrogens is 1. The number of halogens is 3. The number of amides is 1. The molecule has 1 aliphatic rings. The van der Waals surface area contributed by atoms with Gasteiger partial charge >= 0.3 is 12.1 Å². The number of hydrogen-bond acceptors (Lipinski definition) is 3. The molecule has 1 amide bonds. The highest BCUT2D eigenvalue weighted by Crippen LogP contribution is 2.22. The van der Waals surface area contributed by atoms with Crippen molar-refractivity contribution in [1.82, 2.24) is 20.3 Å². The summed E-state index contributed by atoms with van der Waals surface area (Å²) in [6, 6.07) is 0. The van der Waals surface area contributed by atoms with Gasteiger partial charge in [-0.2, -0.15) is 28.6 Å². The van der Waals surface area contributed by atoms with Crippen molar-refractivity contribution in [2.45, 2.75) is 19.1 Å². The molecule has 1 aromatic rings. The largest absolute Gasteiger partial charge is 0.471 e. The van der Waals surface area contributed by atoms with Gasteiger partial charge in [-0.05, 0) is 0 Å². The van der Waals surface area contributed by atoms with Crippen molar-refractivity contribution < 1.29 is 18.0 Å². The molecule has 0 radical (unpaired) electrons. The molecule has 1 aliphatic heterocycles. The van der Waals surface area contributed by atoms with Crippen LogP contribution in [0, 0.1) is 0 Å². The fourth-order valence-electron chi connectivity index (χ4n) is 1.45. The number of carbonyl (C=O) groups excluding carboxylic acids is 1. The molecular weight excluding hydrogens is 213 g/mol. The Bertz CT molecular complexity index is 386. The highest BCUT2D eigenvalue weighted by Gasteiger charge is 2.43. The van der Waals surface area contributed by atoms with Gasteiger partial charge in [0.2, 0.25) is 0 Å². The van der Waals surface area contributed by atoms with Crippen LogP contribution < -0.4 is 0 Å². The Morgan fingerprint density at radius 3 is 2.67 bits per heavy atom. The Hall–Kier alpha value is -1.60. The van der Waals surface area contributed by atoms with Crippen LogP contribution in [0.3, 0.4) is 0 Å². The van der Waals surface area contributed by atoms with Gasteiger partial charge in [-0.1, -0.05) is 0 Å². The van der Waals surface area contributed by atoms with Crippen LogP contribution in [0.1, 0.15) is 11.4 Å². The minimum atomic E-state index is -4.82. The van der Waals surface area contributed by atoms with E-state index in [0.29, 0.717) is 17.8 Å². The summed E-state index contributed by atoms with van der Waals surface area (Å²) in [4.78, 5) is 11.6. The maximum absolute atomic E-state index is 12.1. The normalized spacial score (nSPS) is 16.3. The highest BCUT2D eigenvalue weighted by atomic mass is 19.4. The quantitative estimate of drug-likeness (QED) is 0.681. The zero-order valence-corrected chi connectivity index (χ0v) is 7.51. The van der Waals surface area contributed by atoms with Crippen molar-refractivity contribution >= 4 is 5.91 Å². The molecular formula is C7H7F3N4O. The molecule has 82 valence electrons. The second-order valence-electron chi connectivity index (χ2n) is 3.19. The number of fused-ring (bicyclic) bond motifs is 1. The lowest BCUT2D eigenvalue weighted by molar-refractivity contribution is -0.186. The Kier molecular flexibility index (Phi) is 2.13. The van der Waals surface area contributed by atoms with Crippen molar-refractivity contribution in [2.75, 3.05) is 6.54 Å². The van der Waals surface area contributed by atoms with Crippen LogP contribution in [0.15, 0.2) is 0 Å². The van der Waals surface area contributed by atoms with Gasteiger partial charge in [0, 0.05) is 13.0 Å². The third-order valence-electron chi connectivity index (χ3n) is 2.19. The van der Waals surface area contributed by atoms with E-state index in [9.17, 15) is 18.0 Å². The first-order valence-electron chi connectivity index (χ1n) is 4.23. The summed E-state index contributed by atoms with van der Waals surface area (Å²) >= 11 is 0. The Labute approximate surface area is 82.3 Å². The molecule has 0 bridgehead atoms. The Morgan fingerprint density at radius 2 is 2.00 bits per heavy atom. The molecule has 0 aliphatic carbocycles. The number of hydrogen-bond donors (Lipinski definition) is 1. The summed E-state index contributed by atoms with van der Waals surface area (Å²) in [6.45, 7) is -0.109. The number of aromatic amines is 1. The molecule has 0 atom stereocenters. The van der Waals surface area contributed by atoms with Gasteiger partial charge in [-0.25, -0.2) is 0 Å². The number of rotatable bonds is 0. The second-order valence-corrected chi connectivity index (χ2v) is 3.19. The first kappa shape index (κ1) is 9.94. The van der Waals surface area contributed by atoms with Gasteiger partial charge in [0.15, 0.2) is 0 Å². The predicted molar refractivity (Wildman–Crippen MR) is 41.6 cm³/mol. The number of aromatic nitrogens is 3. The average molecular weight is 220 g/mol. The molecule has 0 spiro atoms. The average Bonchev–Trinajstić information content (AvgIpc) is 2.61. The molecule has 1 aromatic heterocycles. The molecule has 0 saturated carbocycles. The molecule has 0 saturated heterocycles. The van der Waals surface area contributed by atoms with Gasteiger partial charge in [0.1, 0.15) is 5.69 Å². The summed E-state index contributed by atoms with van der Waals surface area (Å²) in [5, 5.41) is 9.75. The molecule has 0 fully saturated rings. The Balaban J connectivity index is 2.14. The molecule has 2 heterocycles. The second kappa shape index (κ2) is 3.21. The van der Waals surface area contributed by atoms with Crippen molar-refractivity contribution in [3.63, 3.8) is 0 Å². The van der Waals surface area contributed by atoms with E-state index < -0.39 is 12.1 Å². The zero-order valence-electron chi connectivity index (χ0n) is 7.51. The summed E-state index contributed by atoms with van der Waals surface area (Å²) in [6.07, 6.45) is -4.52. The van der Waals surface area contributed by atoms with Crippen LogP contribution in [0.4, 0.5) is 13.2 Å². The third-order valence-corrected chi connectivity index (χ3v) is 2.19. The monoisotopic (exact) mass is 220 g/mol. The van der Waals surface area contributed by atoms with E-state index in [1.807, 2.05) is 0 Å². The van der Waals surface area contributed by atoms with Gasteiger partial charge in [0.05, 0.1) is 12.2 Å². The van der Waals surface area contributed by atoms with Crippen LogP contribution in [0.2, 0.25) is 0 Å². The van der Waals surface area contributed by atoms with Crippen LogP contribution in [-0.4, -0.2) is 38.9 Å². The SMILES string of the molecule is O=C(N1CCc2n[nH]nc2C1)C(F)(F)F. The van der Waals surface area contributed by atoms with Gasteiger partial charge < -0.3 is 4.90 Å². The van der Waals surface area contributed by atoms with E-state index in [1.165, 1.54) is 0 Å². The lowest BCUT2D eigenvalue weighted by Gasteiger charge is -2.25. The lowest BCUT2D eigenvalue weighted by Crippen LogP contribution is -2.43. The van der Waals surface area contributed by atoms with E-state index in [1.54, 1.807) is 0 Å². The zero-order chi connectivity index (χ0) is 11.1. The van der Waals surface area contributed by atoms with E-state index >= 15 is 0 Å². The van der Waals surface area contributed by atoms with Gasteiger partial charge in [0.25, 0.3) is 0 Å². The number of nitrogens with zero attached hydrogens (tertiary/aromatic N) is 3. The standard InChI is InChI=1S/C7H7F3N4O/c8-7(9,10)6(15)14-2-1-4-5(3-14)12-13-11-4/h1-3H2,(H,11,12,13). The fourth-order valence-corrected chi connectivity index (χ4v) is 1.45. The summed E-state index contributed by atoms with van der Waals surface area (Å²) in [5.41, 5.74) is 1.03. The van der Waals surface area contributed by atoms with Gasteiger partial charge in [-0.15, -0.1) is 0 Å². The molecule has 1 N–H and O–H groups in total. The summed E-state index contributed by atoms with van der Waals surface area (Å²) in [7, 11) is 0. The summed E-state index contributed by atoms with van der Waals surface area (Å²) < 4.78 is 36.3. The first-order chi connectivity index (χ1) is 6.98. The minimum Gasteiger partial charge on any atom is -0.328 e. The molecule has 5 nitrogen and oxygen atoms in total. The minimum absolute atomic E-state index is 0.0257. The number of nitrogens with one attached hydrogen (secondary N) is 1. The van der Waals surface area contributed by atoms with Crippen molar-refractivity contribution in [3.8, 4) is 0 Å². The molecule has 2 rings (SSSR count). The smallest absolute Gasteiger partial charge is 0.328 e. The van der Waals surface area contributed by atoms with E-state index in [-0.39, 0.29) is 13.1 Å². The topological polar surface area (TPSA) is 61.9 Å². The number of alkyl halides is 3. The first-order valence-corrected chi connectivity index (χ1v) is 4.23. The van der Waals surface area contributed by atoms with Crippen LogP contribution in [0.25, 0.3) is 0 Å². The summed E-state index contributed by atoms with van der Waals surface area (Å²) in [5.74, 6) is -1.82. The number of carbonyl (C=O) groups is 1. The van der Waals surface area contributed by atoms with Gasteiger partial charge in [-0.3, -0.25) is 4.79 Å².